The molecule has 2 aliphatic rings. The molecule has 15 heteroatoms. The molecule has 1 spiro atoms. The molecule has 11 nitrogen and oxygen atoms in total. The fourth-order valence-electron chi connectivity index (χ4n) is 4.15. The lowest BCUT2D eigenvalue weighted by atomic mass is 9.86. The Morgan fingerprint density at radius 3 is 2.52 bits per heavy atom. The van der Waals surface area contributed by atoms with E-state index < -0.39 is 62.0 Å². The summed E-state index contributed by atoms with van der Waals surface area (Å²) in [7, 11) is -5.15. The first kappa shape index (κ1) is 24.2. The molecular weight excluding hydrogens is 474 g/mol. The topological polar surface area (TPSA) is 156 Å². The molecule has 3 heterocycles. The van der Waals surface area contributed by atoms with Crippen LogP contribution in [0.25, 0.3) is 11.3 Å². The maximum absolute atomic E-state index is 13.7. The molecule has 0 amide bonds. The van der Waals surface area contributed by atoms with Crippen LogP contribution in [-0.2, 0) is 18.6 Å². The van der Waals surface area contributed by atoms with Gasteiger partial charge in [0.1, 0.15) is 30.0 Å². The van der Waals surface area contributed by atoms with Gasteiger partial charge in [0.05, 0.1) is 19.4 Å². The second-order valence-electron chi connectivity index (χ2n) is 7.79. The molecule has 2 fully saturated rings. The molecule has 4 N–H and O–H groups in total. The zero-order valence-electron chi connectivity index (χ0n) is 16.9. The summed E-state index contributed by atoms with van der Waals surface area (Å²) in [5, 5.41) is 28.2. The first-order valence-electron chi connectivity index (χ1n) is 9.96. The van der Waals surface area contributed by atoms with Crippen LogP contribution in [0.4, 0.5) is 13.2 Å². The summed E-state index contributed by atoms with van der Waals surface area (Å²) in [6.45, 7) is -0.500. The number of phosphoric ester groups is 1. The molecule has 4 rings (SSSR count). The fraction of sp³-hybridized carbons (Fsp3) is 0.556. The van der Waals surface area contributed by atoms with Gasteiger partial charge in [0.2, 0.25) is 0 Å². The van der Waals surface area contributed by atoms with Crippen molar-refractivity contribution in [3.05, 3.63) is 35.8 Å². The van der Waals surface area contributed by atoms with Gasteiger partial charge < -0.3 is 29.5 Å². The highest BCUT2D eigenvalue weighted by molar-refractivity contribution is 7.46. The van der Waals surface area contributed by atoms with E-state index in [0.717, 1.165) is 10.9 Å². The maximum Gasteiger partial charge on any atom is 0.470 e. The van der Waals surface area contributed by atoms with Crippen LogP contribution >= 0.6 is 7.82 Å². The molecule has 0 radical (unpaired) electrons. The molecular formula is C18H21F3N3O8P. The highest BCUT2D eigenvalue weighted by Crippen LogP contribution is 2.50. The van der Waals surface area contributed by atoms with Gasteiger partial charge in [-0.3, -0.25) is 4.52 Å². The summed E-state index contributed by atoms with van der Waals surface area (Å²) in [4.78, 5) is 19.0. The van der Waals surface area contributed by atoms with Crippen LogP contribution in [0, 0.1) is 17.5 Å². The molecule has 2 aliphatic heterocycles. The van der Waals surface area contributed by atoms with Crippen LogP contribution in [0.2, 0.25) is 0 Å². The SMILES string of the molecule is O=P(O)(O)OC1C(n2cc(-c3cc(F)c(F)c(F)c3)nn2)C(O)C(CO)OC12CCCCO2. The lowest BCUT2D eigenvalue weighted by Crippen LogP contribution is -2.65. The summed E-state index contributed by atoms with van der Waals surface area (Å²) >= 11 is 0. The van der Waals surface area contributed by atoms with E-state index in [4.69, 9.17) is 14.0 Å². The normalized spacial score (nSPS) is 30.6. The highest BCUT2D eigenvalue weighted by atomic mass is 31.2. The summed E-state index contributed by atoms with van der Waals surface area (Å²) in [6, 6.07) is -0.00368. The predicted octanol–water partition coefficient (Wildman–Crippen LogP) is 1.03. The number of halogens is 3. The molecule has 0 saturated carbocycles. The number of hydrogen-bond acceptors (Lipinski definition) is 8. The second kappa shape index (κ2) is 9.04. The molecule has 33 heavy (non-hydrogen) atoms. The lowest BCUT2D eigenvalue weighted by molar-refractivity contribution is -0.361. The number of benzene rings is 1. The van der Waals surface area contributed by atoms with Crippen LogP contribution in [0.15, 0.2) is 18.3 Å². The second-order valence-corrected chi connectivity index (χ2v) is 8.98. The quantitative estimate of drug-likeness (QED) is 0.349. The Hall–Kier alpha value is -1.90. The van der Waals surface area contributed by atoms with Crippen molar-refractivity contribution >= 4 is 7.82 Å². The van der Waals surface area contributed by atoms with E-state index in [9.17, 15) is 37.7 Å². The number of aliphatic hydroxyl groups is 2. The fourth-order valence-corrected chi connectivity index (χ4v) is 4.73. The Labute approximate surface area is 184 Å². The Bertz CT molecular complexity index is 1040. The van der Waals surface area contributed by atoms with Gasteiger partial charge in [-0.1, -0.05) is 5.21 Å². The van der Waals surface area contributed by atoms with E-state index in [2.05, 4.69) is 10.3 Å². The third kappa shape index (κ3) is 4.70. The van der Waals surface area contributed by atoms with Crippen LogP contribution in [-0.4, -0.2) is 72.3 Å². The summed E-state index contributed by atoms with van der Waals surface area (Å²) in [5.41, 5.74) is -0.297. The lowest BCUT2D eigenvalue weighted by Gasteiger charge is -2.52. The number of aliphatic hydroxyl groups excluding tert-OH is 2. The number of ether oxygens (including phenoxy) is 2. The van der Waals surface area contributed by atoms with Gasteiger partial charge in [-0.2, -0.15) is 0 Å². The van der Waals surface area contributed by atoms with Crippen LogP contribution in [0.1, 0.15) is 25.3 Å². The zero-order valence-corrected chi connectivity index (χ0v) is 17.8. The highest BCUT2D eigenvalue weighted by Gasteiger charge is 2.59. The van der Waals surface area contributed by atoms with Crippen LogP contribution in [0.3, 0.4) is 0 Å². The molecule has 1 aromatic carbocycles. The van der Waals surface area contributed by atoms with Gasteiger partial charge in [-0.05, 0) is 25.0 Å². The predicted molar refractivity (Wildman–Crippen MR) is 102 cm³/mol. The molecule has 0 bridgehead atoms. The van der Waals surface area contributed by atoms with Crippen LogP contribution in [0.5, 0.6) is 0 Å². The van der Waals surface area contributed by atoms with E-state index in [0.29, 0.717) is 25.0 Å². The van der Waals surface area contributed by atoms with Crippen molar-refractivity contribution in [2.24, 2.45) is 0 Å². The minimum atomic E-state index is -5.15. The zero-order chi connectivity index (χ0) is 24.0. The van der Waals surface area contributed by atoms with E-state index in [1.807, 2.05) is 0 Å². The molecule has 5 atom stereocenters. The number of phosphoric acid groups is 1. The Morgan fingerprint density at radius 2 is 1.94 bits per heavy atom. The molecule has 182 valence electrons. The number of aromatic nitrogens is 3. The van der Waals surface area contributed by atoms with Crippen molar-refractivity contribution in [1.29, 1.82) is 0 Å². The van der Waals surface area contributed by atoms with Gasteiger partial charge in [0.25, 0.3) is 0 Å². The third-order valence-corrected chi connectivity index (χ3v) is 6.12. The van der Waals surface area contributed by atoms with Crippen molar-refractivity contribution in [3.8, 4) is 11.3 Å². The summed E-state index contributed by atoms with van der Waals surface area (Å²) < 4.78 is 69.8. The Kier molecular flexibility index (Phi) is 6.64. The van der Waals surface area contributed by atoms with Crippen molar-refractivity contribution in [2.45, 2.75) is 49.4 Å². The van der Waals surface area contributed by atoms with Gasteiger partial charge in [0, 0.05) is 12.0 Å². The van der Waals surface area contributed by atoms with Crippen LogP contribution < -0.4 is 0 Å². The largest absolute Gasteiger partial charge is 0.470 e. The van der Waals surface area contributed by atoms with Crippen molar-refractivity contribution in [3.63, 3.8) is 0 Å². The standard InChI is InChI=1S/C18H21F3N3O8P/c19-10-5-9(6-11(20)14(10)21)12-7-24(23-22-12)15-16(26)13(8-25)31-18(3-1-2-4-30-18)17(15)32-33(27,28)29/h5-7,13,15-17,25-26H,1-4,8H2,(H2,27,28,29). The molecule has 1 aromatic heterocycles. The molecule has 0 aliphatic carbocycles. The number of nitrogens with zero attached hydrogens (tertiary/aromatic N) is 3. The number of hydrogen-bond donors (Lipinski definition) is 4. The first-order chi connectivity index (χ1) is 15.5. The Morgan fingerprint density at radius 1 is 1.24 bits per heavy atom. The van der Waals surface area contributed by atoms with Crippen molar-refractivity contribution in [1.82, 2.24) is 15.0 Å². The molecule has 5 unspecified atom stereocenters. The average Bonchev–Trinajstić information content (AvgIpc) is 3.24. The van der Waals surface area contributed by atoms with Gasteiger partial charge in [-0.25, -0.2) is 22.4 Å². The molecule has 2 saturated heterocycles. The first-order valence-corrected chi connectivity index (χ1v) is 11.5. The summed E-state index contributed by atoms with van der Waals surface area (Å²) in [6.07, 6.45) is -2.00. The van der Waals surface area contributed by atoms with E-state index >= 15 is 0 Å². The van der Waals surface area contributed by atoms with Crippen molar-refractivity contribution in [2.75, 3.05) is 13.2 Å². The van der Waals surface area contributed by atoms with Crippen molar-refractivity contribution < 1.29 is 51.7 Å². The average molecular weight is 495 g/mol. The van der Waals surface area contributed by atoms with E-state index in [1.54, 1.807) is 0 Å². The smallest absolute Gasteiger partial charge is 0.394 e. The monoisotopic (exact) mass is 495 g/mol. The van der Waals surface area contributed by atoms with Gasteiger partial charge >= 0.3 is 7.82 Å². The van der Waals surface area contributed by atoms with Gasteiger partial charge in [-0.15, -0.1) is 5.10 Å². The van der Waals surface area contributed by atoms with Gasteiger partial charge in [0.15, 0.2) is 23.2 Å². The number of rotatable bonds is 5. The summed E-state index contributed by atoms with van der Waals surface area (Å²) in [5.74, 6) is -6.30. The van der Waals surface area contributed by atoms with E-state index in [-0.39, 0.29) is 24.3 Å². The maximum atomic E-state index is 13.7. The van der Waals surface area contributed by atoms with E-state index in [1.165, 1.54) is 0 Å². The molecule has 2 aromatic rings. The minimum Gasteiger partial charge on any atom is -0.394 e. The minimum absolute atomic E-state index is 0.124. The Balaban J connectivity index is 1.78. The third-order valence-electron chi connectivity index (χ3n) is 5.62.